The molecule has 0 fully saturated rings. The van der Waals surface area contributed by atoms with E-state index in [0.29, 0.717) is 15.9 Å². The zero-order valence-corrected chi connectivity index (χ0v) is 15.8. The van der Waals surface area contributed by atoms with Gasteiger partial charge in [0.25, 0.3) is 5.91 Å². The van der Waals surface area contributed by atoms with Gasteiger partial charge in [0.05, 0.1) is 10.2 Å². The third-order valence-electron chi connectivity index (χ3n) is 3.71. The molecule has 0 unspecified atom stereocenters. The molecule has 1 amide bonds. The number of benzene rings is 2. The highest BCUT2D eigenvalue weighted by Gasteiger charge is 2.11. The van der Waals surface area contributed by atoms with E-state index in [4.69, 9.17) is 0 Å². The van der Waals surface area contributed by atoms with Crippen molar-refractivity contribution in [2.24, 2.45) is 0 Å². The number of rotatable bonds is 4. The Hall–Kier alpha value is -1.85. The number of hydrogen-bond acceptors (Lipinski definition) is 4. The highest BCUT2D eigenvalue weighted by molar-refractivity contribution is 7.99. The summed E-state index contributed by atoms with van der Waals surface area (Å²) < 4.78 is 1.09. The zero-order valence-electron chi connectivity index (χ0n) is 14.2. The molecule has 24 heavy (non-hydrogen) atoms. The Kier molecular flexibility index (Phi) is 4.92. The average molecular weight is 357 g/mol. The Morgan fingerprint density at radius 3 is 2.46 bits per heavy atom. The molecule has 124 valence electrons. The van der Waals surface area contributed by atoms with Crippen LogP contribution in [0.1, 0.15) is 35.3 Å². The molecule has 0 spiro atoms. The van der Waals surface area contributed by atoms with Gasteiger partial charge in [0.2, 0.25) is 0 Å². The van der Waals surface area contributed by atoms with E-state index in [1.165, 1.54) is 27.4 Å². The monoisotopic (exact) mass is 356 g/mol. The first-order valence-electron chi connectivity index (χ1n) is 7.88. The minimum absolute atomic E-state index is 0.122. The van der Waals surface area contributed by atoms with E-state index in [-0.39, 0.29) is 5.91 Å². The normalized spacial score (nSPS) is 11.2. The van der Waals surface area contributed by atoms with Crippen molar-refractivity contribution in [1.29, 1.82) is 0 Å². The maximum absolute atomic E-state index is 12.4. The van der Waals surface area contributed by atoms with Crippen molar-refractivity contribution >= 4 is 44.4 Å². The zero-order chi connectivity index (χ0) is 17.3. The summed E-state index contributed by atoms with van der Waals surface area (Å²) in [5.74, 6) is -0.122. The lowest BCUT2D eigenvalue weighted by Crippen LogP contribution is -2.11. The summed E-state index contributed by atoms with van der Waals surface area (Å²) in [5, 5.41) is 4.08. The number of thioether (sulfide) groups is 1. The van der Waals surface area contributed by atoms with Gasteiger partial charge in [-0.2, -0.15) is 0 Å². The molecule has 0 bridgehead atoms. The second kappa shape index (κ2) is 6.95. The summed E-state index contributed by atoms with van der Waals surface area (Å²) in [7, 11) is 0. The van der Waals surface area contributed by atoms with E-state index in [9.17, 15) is 4.79 Å². The van der Waals surface area contributed by atoms with E-state index < -0.39 is 0 Å². The number of thiazole rings is 1. The molecule has 1 aromatic heterocycles. The van der Waals surface area contributed by atoms with Crippen molar-refractivity contribution in [3.05, 3.63) is 53.1 Å². The summed E-state index contributed by atoms with van der Waals surface area (Å²) in [6.07, 6.45) is 0. The van der Waals surface area contributed by atoms with Gasteiger partial charge in [0.15, 0.2) is 5.13 Å². The quantitative estimate of drug-likeness (QED) is 0.613. The standard InChI is InChI=1S/C19H20N2OS2/c1-11(2)23-15-7-5-14(6-8-15)18(22)21-19-20-16-9-12(3)13(4)10-17(16)24-19/h5-11H,1-4H3,(H,20,21,22). The van der Waals surface area contributed by atoms with Gasteiger partial charge in [-0.25, -0.2) is 4.98 Å². The summed E-state index contributed by atoms with van der Waals surface area (Å²) in [5.41, 5.74) is 4.03. The van der Waals surface area contributed by atoms with Crippen LogP contribution in [-0.4, -0.2) is 16.1 Å². The second-order valence-corrected chi connectivity index (χ2v) is 8.75. The number of aryl methyl sites for hydroxylation is 2. The third-order valence-corrected chi connectivity index (χ3v) is 5.66. The van der Waals surface area contributed by atoms with Gasteiger partial charge in [-0.05, 0) is 61.4 Å². The molecule has 2 aromatic carbocycles. The van der Waals surface area contributed by atoms with Crippen molar-refractivity contribution in [2.75, 3.05) is 5.32 Å². The van der Waals surface area contributed by atoms with Crippen LogP contribution in [0, 0.1) is 13.8 Å². The number of carbonyl (C=O) groups excluding carboxylic acids is 1. The molecule has 3 aromatic rings. The van der Waals surface area contributed by atoms with Crippen LogP contribution >= 0.6 is 23.1 Å². The number of hydrogen-bond donors (Lipinski definition) is 1. The Balaban J connectivity index is 1.76. The number of nitrogens with one attached hydrogen (secondary N) is 1. The summed E-state index contributed by atoms with van der Waals surface area (Å²) in [6, 6.07) is 11.9. The molecule has 3 nitrogen and oxygen atoms in total. The van der Waals surface area contributed by atoms with Gasteiger partial charge in [-0.15, -0.1) is 11.8 Å². The van der Waals surface area contributed by atoms with Gasteiger partial charge in [0, 0.05) is 15.7 Å². The Morgan fingerprint density at radius 2 is 1.79 bits per heavy atom. The van der Waals surface area contributed by atoms with Crippen LogP contribution < -0.4 is 5.32 Å². The maximum Gasteiger partial charge on any atom is 0.257 e. The van der Waals surface area contributed by atoms with Crippen molar-refractivity contribution in [1.82, 2.24) is 4.98 Å². The largest absolute Gasteiger partial charge is 0.298 e. The third kappa shape index (κ3) is 3.79. The Bertz CT molecular complexity index is 843. The van der Waals surface area contributed by atoms with E-state index in [2.05, 4.69) is 50.1 Å². The summed E-state index contributed by atoms with van der Waals surface area (Å²) >= 11 is 3.29. The lowest BCUT2D eigenvalue weighted by molar-refractivity contribution is 0.102. The van der Waals surface area contributed by atoms with Crippen LogP contribution in [-0.2, 0) is 0 Å². The minimum atomic E-state index is -0.122. The Morgan fingerprint density at radius 1 is 1.12 bits per heavy atom. The van der Waals surface area contributed by atoms with Gasteiger partial charge in [-0.1, -0.05) is 25.2 Å². The van der Waals surface area contributed by atoms with Crippen LogP contribution in [0.25, 0.3) is 10.2 Å². The van der Waals surface area contributed by atoms with Crippen LogP contribution in [0.3, 0.4) is 0 Å². The lowest BCUT2D eigenvalue weighted by atomic mass is 10.1. The highest BCUT2D eigenvalue weighted by atomic mass is 32.2. The number of nitrogens with zero attached hydrogens (tertiary/aromatic N) is 1. The van der Waals surface area contributed by atoms with Gasteiger partial charge < -0.3 is 0 Å². The number of aromatic nitrogens is 1. The summed E-state index contributed by atoms with van der Waals surface area (Å²) in [6.45, 7) is 8.47. The van der Waals surface area contributed by atoms with E-state index in [1.54, 1.807) is 11.8 Å². The first kappa shape index (κ1) is 17.0. The molecule has 0 saturated carbocycles. The number of fused-ring (bicyclic) bond motifs is 1. The summed E-state index contributed by atoms with van der Waals surface area (Å²) in [4.78, 5) is 18.1. The average Bonchev–Trinajstić information content (AvgIpc) is 2.89. The van der Waals surface area contributed by atoms with Gasteiger partial charge in [0.1, 0.15) is 0 Å². The molecule has 0 aliphatic carbocycles. The van der Waals surface area contributed by atoms with E-state index in [0.717, 1.165) is 10.2 Å². The van der Waals surface area contributed by atoms with E-state index in [1.807, 2.05) is 24.3 Å². The fourth-order valence-electron chi connectivity index (χ4n) is 2.36. The number of anilines is 1. The van der Waals surface area contributed by atoms with Crippen LogP contribution in [0.5, 0.6) is 0 Å². The van der Waals surface area contributed by atoms with Crippen molar-refractivity contribution in [2.45, 2.75) is 37.8 Å². The predicted octanol–water partition coefficient (Wildman–Crippen LogP) is 5.67. The SMILES string of the molecule is Cc1cc2nc(NC(=O)c3ccc(SC(C)C)cc3)sc2cc1C. The fraction of sp³-hybridized carbons (Fsp3) is 0.263. The number of carbonyl (C=O) groups is 1. The molecule has 3 rings (SSSR count). The molecular formula is C19H20N2OS2. The molecule has 0 radical (unpaired) electrons. The topological polar surface area (TPSA) is 42.0 Å². The molecule has 0 saturated heterocycles. The first-order valence-corrected chi connectivity index (χ1v) is 9.58. The minimum Gasteiger partial charge on any atom is -0.298 e. The highest BCUT2D eigenvalue weighted by Crippen LogP contribution is 2.29. The molecular weight excluding hydrogens is 336 g/mol. The Labute approximate surface area is 150 Å². The second-order valence-electron chi connectivity index (χ2n) is 6.07. The molecule has 1 heterocycles. The fourth-order valence-corrected chi connectivity index (χ4v) is 4.14. The number of amides is 1. The van der Waals surface area contributed by atoms with Crippen LogP contribution in [0.2, 0.25) is 0 Å². The van der Waals surface area contributed by atoms with Gasteiger partial charge in [-0.3, -0.25) is 10.1 Å². The van der Waals surface area contributed by atoms with Crippen LogP contribution in [0.4, 0.5) is 5.13 Å². The maximum atomic E-state index is 12.4. The first-order chi connectivity index (χ1) is 11.4. The smallest absolute Gasteiger partial charge is 0.257 e. The lowest BCUT2D eigenvalue weighted by Gasteiger charge is -2.06. The molecule has 0 aliphatic rings. The van der Waals surface area contributed by atoms with Crippen molar-refractivity contribution in [3.8, 4) is 0 Å². The van der Waals surface area contributed by atoms with Crippen molar-refractivity contribution < 1.29 is 4.79 Å². The van der Waals surface area contributed by atoms with Crippen LogP contribution in [0.15, 0.2) is 41.3 Å². The molecule has 0 aliphatic heterocycles. The van der Waals surface area contributed by atoms with Crippen molar-refractivity contribution in [3.63, 3.8) is 0 Å². The van der Waals surface area contributed by atoms with Gasteiger partial charge >= 0.3 is 0 Å². The molecule has 0 atom stereocenters. The molecule has 5 heteroatoms. The predicted molar refractivity (Wildman–Crippen MR) is 104 cm³/mol. The molecule has 1 N–H and O–H groups in total. The van der Waals surface area contributed by atoms with E-state index >= 15 is 0 Å².